The molecule has 0 bridgehead atoms. The van der Waals surface area contributed by atoms with Crippen molar-refractivity contribution in [3.05, 3.63) is 51.3 Å². The van der Waals surface area contributed by atoms with Crippen LogP contribution in [0.2, 0.25) is 0 Å². The first-order valence-electron chi connectivity index (χ1n) is 12.4. The van der Waals surface area contributed by atoms with Crippen LogP contribution in [0.5, 0.6) is 5.75 Å². The van der Waals surface area contributed by atoms with E-state index in [-0.39, 0.29) is 23.8 Å². The van der Waals surface area contributed by atoms with Gasteiger partial charge in [-0.25, -0.2) is 4.79 Å². The van der Waals surface area contributed by atoms with Gasteiger partial charge in [0.05, 0.1) is 13.7 Å². The SMILES string of the molecule is COC(=O)c1c(OCCN2CCCC2=O)cc(=O)n2c1CCN(CC[C@@H](C)c1ccc(C)o1)CC2. The molecule has 2 aromatic heterocycles. The van der Waals surface area contributed by atoms with Gasteiger partial charge in [-0.2, -0.15) is 0 Å². The number of methoxy groups -OCH3 is 1. The molecule has 9 nitrogen and oxygen atoms in total. The van der Waals surface area contributed by atoms with Gasteiger partial charge in [0, 0.05) is 56.7 Å². The Bertz CT molecular complexity index is 1120. The molecular formula is C26H35N3O6. The Balaban J connectivity index is 1.45. The Morgan fingerprint density at radius 3 is 2.63 bits per heavy atom. The Morgan fingerprint density at radius 2 is 1.94 bits per heavy atom. The summed E-state index contributed by atoms with van der Waals surface area (Å²) in [5.41, 5.74) is 0.760. The van der Waals surface area contributed by atoms with Crippen molar-refractivity contribution < 1.29 is 23.5 Å². The van der Waals surface area contributed by atoms with E-state index >= 15 is 0 Å². The molecule has 1 saturated heterocycles. The highest BCUT2D eigenvalue weighted by Crippen LogP contribution is 2.25. The number of carbonyl (C=O) groups excluding carboxylic acids is 2. The van der Waals surface area contributed by atoms with Crippen LogP contribution in [0, 0.1) is 6.92 Å². The first-order valence-corrected chi connectivity index (χ1v) is 12.4. The Morgan fingerprint density at radius 1 is 1.11 bits per heavy atom. The summed E-state index contributed by atoms with van der Waals surface area (Å²) >= 11 is 0. The second-order valence-electron chi connectivity index (χ2n) is 9.37. The van der Waals surface area contributed by atoms with Crippen LogP contribution in [0.3, 0.4) is 0 Å². The number of aryl methyl sites for hydroxylation is 1. The highest BCUT2D eigenvalue weighted by Gasteiger charge is 2.27. The molecule has 1 fully saturated rings. The lowest BCUT2D eigenvalue weighted by atomic mass is 10.0. The molecule has 2 aromatic rings. The molecule has 4 heterocycles. The van der Waals surface area contributed by atoms with Crippen molar-refractivity contribution in [3.63, 3.8) is 0 Å². The maximum atomic E-state index is 13.0. The maximum Gasteiger partial charge on any atom is 0.343 e. The van der Waals surface area contributed by atoms with E-state index in [2.05, 4.69) is 11.8 Å². The van der Waals surface area contributed by atoms with Gasteiger partial charge in [-0.3, -0.25) is 9.59 Å². The van der Waals surface area contributed by atoms with Crippen LogP contribution in [-0.2, 0) is 22.5 Å². The molecule has 1 amide bonds. The van der Waals surface area contributed by atoms with Crippen LogP contribution in [-0.4, -0.2) is 72.7 Å². The monoisotopic (exact) mass is 485 g/mol. The van der Waals surface area contributed by atoms with E-state index in [1.807, 2.05) is 19.1 Å². The fraction of sp³-hybridized carbons (Fsp3) is 0.577. The number of hydrogen-bond donors (Lipinski definition) is 0. The van der Waals surface area contributed by atoms with Gasteiger partial charge in [0.15, 0.2) is 0 Å². The summed E-state index contributed by atoms with van der Waals surface area (Å²) in [5, 5.41) is 0. The molecule has 0 radical (unpaired) electrons. The summed E-state index contributed by atoms with van der Waals surface area (Å²) in [6, 6.07) is 5.39. The number of esters is 1. The molecule has 0 saturated carbocycles. The van der Waals surface area contributed by atoms with E-state index in [9.17, 15) is 14.4 Å². The molecule has 35 heavy (non-hydrogen) atoms. The third-order valence-electron chi connectivity index (χ3n) is 6.99. The van der Waals surface area contributed by atoms with Crippen molar-refractivity contribution in [2.75, 3.05) is 46.4 Å². The maximum absolute atomic E-state index is 13.0. The predicted molar refractivity (Wildman–Crippen MR) is 130 cm³/mol. The Hall–Kier alpha value is -3.07. The molecule has 0 aromatic carbocycles. The van der Waals surface area contributed by atoms with E-state index in [0.717, 1.165) is 37.5 Å². The minimum atomic E-state index is -0.517. The largest absolute Gasteiger partial charge is 0.491 e. The first-order chi connectivity index (χ1) is 16.9. The summed E-state index contributed by atoms with van der Waals surface area (Å²) in [7, 11) is 1.33. The molecule has 0 unspecified atom stereocenters. The third-order valence-corrected chi connectivity index (χ3v) is 6.99. The fourth-order valence-corrected chi connectivity index (χ4v) is 4.90. The van der Waals surface area contributed by atoms with E-state index in [1.54, 1.807) is 9.47 Å². The van der Waals surface area contributed by atoms with Crippen LogP contribution in [0.1, 0.15) is 59.7 Å². The topological polar surface area (TPSA) is 94.2 Å². The summed E-state index contributed by atoms with van der Waals surface area (Å²) in [6.07, 6.45) is 2.88. The lowest BCUT2D eigenvalue weighted by molar-refractivity contribution is -0.128. The highest BCUT2D eigenvalue weighted by molar-refractivity contribution is 5.93. The molecule has 190 valence electrons. The van der Waals surface area contributed by atoms with Crippen molar-refractivity contribution in [3.8, 4) is 5.75 Å². The van der Waals surface area contributed by atoms with Crippen molar-refractivity contribution in [1.29, 1.82) is 0 Å². The average molecular weight is 486 g/mol. The normalized spacial score (nSPS) is 17.2. The van der Waals surface area contributed by atoms with Gasteiger partial charge >= 0.3 is 5.97 Å². The van der Waals surface area contributed by atoms with Gasteiger partial charge in [-0.05, 0) is 38.4 Å². The lowest BCUT2D eigenvalue weighted by Crippen LogP contribution is -2.31. The van der Waals surface area contributed by atoms with Crippen molar-refractivity contribution in [2.24, 2.45) is 0 Å². The first kappa shape index (κ1) is 25.0. The number of furan rings is 1. The number of rotatable bonds is 9. The van der Waals surface area contributed by atoms with Crippen LogP contribution in [0.4, 0.5) is 0 Å². The number of fused-ring (bicyclic) bond motifs is 1. The molecular weight excluding hydrogens is 450 g/mol. The summed E-state index contributed by atoms with van der Waals surface area (Å²) in [5.74, 6) is 2.02. The van der Waals surface area contributed by atoms with Crippen molar-refractivity contribution in [1.82, 2.24) is 14.4 Å². The zero-order valence-corrected chi connectivity index (χ0v) is 20.9. The number of hydrogen-bond acceptors (Lipinski definition) is 7. The van der Waals surface area contributed by atoms with Gasteiger partial charge in [0.25, 0.3) is 5.56 Å². The zero-order valence-electron chi connectivity index (χ0n) is 20.9. The second kappa shape index (κ2) is 11.1. The smallest absolute Gasteiger partial charge is 0.343 e. The van der Waals surface area contributed by atoms with Gasteiger partial charge < -0.3 is 28.3 Å². The highest BCUT2D eigenvalue weighted by atomic mass is 16.5. The third kappa shape index (κ3) is 5.78. The number of amides is 1. The van der Waals surface area contributed by atoms with Gasteiger partial charge in [0.2, 0.25) is 5.91 Å². The van der Waals surface area contributed by atoms with Crippen molar-refractivity contribution in [2.45, 2.75) is 52.0 Å². The molecule has 0 spiro atoms. The van der Waals surface area contributed by atoms with E-state index < -0.39 is 5.97 Å². The van der Waals surface area contributed by atoms with Gasteiger partial charge in [0.1, 0.15) is 29.4 Å². The zero-order chi connectivity index (χ0) is 24.9. The van der Waals surface area contributed by atoms with E-state index in [4.69, 9.17) is 13.9 Å². The number of carbonyl (C=O) groups is 2. The summed E-state index contributed by atoms with van der Waals surface area (Å²) in [4.78, 5) is 41.6. The van der Waals surface area contributed by atoms with Crippen LogP contribution < -0.4 is 10.3 Å². The van der Waals surface area contributed by atoms with Crippen LogP contribution in [0.15, 0.2) is 27.4 Å². The summed E-state index contributed by atoms with van der Waals surface area (Å²) in [6.45, 7) is 8.26. The van der Waals surface area contributed by atoms with Crippen molar-refractivity contribution >= 4 is 11.9 Å². The number of ether oxygens (including phenoxy) is 2. The summed E-state index contributed by atoms with van der Waals surface area (Å²) < 4.78 is 18.4. The number of aromatic nitrogens is 1. The molecule has 1 atom stereocenters. The van der Waals surface area contributed by atoms with Gasteiger partial charge in [-0.15, -0.1) is 0 Å². The fourth-order valence-electron chi connectivity index (χ4n) is 4.90. The molecule has 9 heteroatoms. The predicted octanol–water partition coefficient (Wildman–Crippen LogP) is 2.59. The number of pyridine rings is 1. The van der Waals surface area contributed by atoms with E-state index in [0.29, 0.717) is 56.2 Å². The number of likely N-dealkylation sites (tertiary alicyclic amines) is 1. The molecule has 2 aliphatic heterocycles. The second-order valence-corrected chi connectivity index (χ2v) is 9.37. The minimum absolute atomic E-state index is 0.111. The minimum Gasteiger partial charge on any atom is -0.491 e. The standard InChI is InChI=1S/C26H35N3O6/c1-18(21-7-6-19(2)35-21)8-11-27-12-9-20-25(26(32)33-3)22(17-24(31)29(20)14-13-27)34-16-15-28-10-4-5-23(28)30/h6-7,17-18H,4-5,8-16H2,1-3H3/t18-/m1/s1. The quantitative estimate of drug-likeness (QED) is 0.504. The van der Waals surface area contributed by atoms with E-state index in [1.165, 1.54) is 13.2 Å². The molecule has 0 aliphatic carbocycles. The van der Waals surface area contributed by atoms with Gasteiger partial charge in [-0.1, -0.05) is 6.92 Å². The molecule has 2 aliphatic rings. The average Bonchev–Trinajstić information content (AvgIpc) is 3.39. The number of nitrogens with zero attached hydrogens (tertiary/aromatic N) is 3. The molecule has 0 N–H and O–H groups in total. The Labute approximate surface area is 205 Å². The van der Waals surface area contributed by atoms with Crippen LogP contribution in [0.25, 0.3) is 0 Å². The Kier molecular flexibility index (Phi) is 7.95. The molecule has 4 rings (SSSR count). The van der Waals surface area contributed by atoms with Crippen LogP contribution >= 0.6 is 0 Å². The lowest BCUT2D eigenvalue weighted by Gasteiger charge is -2.21.